The number of nitrogens with one attached hydrogen (secondary N) is 1. The van der Waals surface area contributed by atoms with Gasteiger partial charge in [0.15, 0.2) is 0 Å². The summed E-state index contributed by atoms with van der Waals surface area (Å²) in [6.45, 7) is 0.316. The van der Waals surface area contributed by atoms with Gasteiger partial charge in [0.25, 0.3) is 5.91 Å². The van der Waals surface area contributed by atoms with Gasteiger partial charge in [0.2, 0.25) is 0 Å². The van der Waals surface area contributed by atoms with Crippen LogP contribution >= 0.6 is 39.9 Å². The predicted molar refractivity (Wildman–Crippen MR) is 111 cm³/mol. The van der Waals surface area contributed by atoms with Crippen LogP contribution in [0.5, 0.6) is 5.75 Å². The van der Waals surface area contributed by atoms with Crippen molar-refractivity contribution in [1.82, 2.24) is 4.90 Å². The number of thioether (sulfide) groups is 1. The van der Waals surface area contributed by atoms with Crippen LogP contribution in [0.15, 0.2) is 57.9 Å². The molecule has 2 aromatic rings. The summed E-state index contributed by atoms with van der Waals surface area (Å²) in [7, 11) is 1.61. The second kappa shape index (κ2) is 8.03. The number of nitrogens with zero attached hydrogens (tertiary/aromatic N) is 1. The summed E-state index contributed by atoms with van der Waals surface area (Å²) in [5.74, 6) is 0.611. The highest BCUT2D eigenvalue weighted by Crippen LogP contribution is 2.34. The number of carbonyl (C=O) groups is 1. The first kappa shape index (κ1) is 18.0. The number of methoxy groups -OCH3 is 1. The molecule has 7 heteroatoms. The van der Waals surface area contributed by atoms with Gasteiger partial charge in [-0.2, -0.15) is 0 Å². The van der Waals surface area contributed by atoms with Gasteiger partial charge in [0, 0.05) is 15.7 Å². The van der Waals surface area contributed by atoms with E-state index in [1.54, 1.807) is 12.0 Å². The molecule has 2 aromatic carbocycles. The minimum atomic E-state index is -0.111. The number of ether oxygens (including phenoxy) is 1. The molecular weight excluding hydrogens is 420 g/mol. The van der Waals surface area contributed by atoms with Crippen molar-refractivity contribution >= 4 is 61.9 Å². The van der Waals surface area contributed by atoms with E-state index in [1.807, 2.05) is 54.6 Å². The average molecular weight is 435 g/mol. The van der Waals surface area contributed by atoms with Crippen molar-refractivity contribution in [2.45, 2.75) is 0 Å². The Morgan fingerprint density at radius 3 is 2.72 bits per heavy atom. The fourth-order valence-corrected chi connectivity index (χ4v) is 4.00. The maximum absolute atomic E-state index is 12.7. The normalized spacial score (nSPS) is 15.8. The quantitative estimate of drug-likeness (QED) is 0.544. The molecule has 128 valence electrons. The largest absolute Gasteiger partial charge is 0.496 e. The van der Waals surface area contributed by atoms with Crippen LogP contribution in [-0.2, 0) is 4.79 Å². The van der Waals surface area contributed by atoms with Gasteiger partial charge < -0.3 is 10.1 Å². The molecule has 1 fully saturated rings. The van der Waals surface area contributed by atoms with Crippen molar-refractivity contribution in [2.24, 2.45) is 0 Å². The van der Waals surface area contributed by atoms with Crippen molar-refractivity contribution in [3.63, 3.8) is 0 Å². The minimum absolute atomic E-state index is 0.111. The Morgan fingerprint density at radius 1 is 1.24 bits per heavy atom. The maximum atomic E-state index is 12.7. The summed E-state index contributed by atoms with van der Waals surface area (Å²) in [6, 6.07) is 15.3. The van der Waals surface area contributed by atoms with Crippen molar-refractivity contribution in [2.75, 3.05) is 19.1 Å². The molecule has 0 radical (unpaired) electrons. The van der Waals surface area contributed by atoms with Gasteiger partial charge in [-0.05, 0) is 40.2 Å². The zero-order valence-corrected chi connectivity index (χ0v) is 16.6. The number of amides is 1. The molecule has 1 N–H and O–H groups in total. The highest BCUT2D eigenvalue weighted by molar-refractivity contribution is 9.10. The van der Waals surface area contributed by atoms with Crippen LogP contribution in [-0.4, -0.2) is 28.9 Å². The van der Waals surface area contributed by atoms with Gasteiger partial charge in [-0.25, -0.2) is 0 Å². The first-order valence-corrected chi connectivity index (χ1v) is 9.48. The molecule has 3 rings (SSSR count). The Bertz CT molecular complexity index is 854. The molecule has 25 heavy (non-hydrogen) atoms. The van der Waals surface area contributed by atoms with Crippen LogP contribution in [0.2, 0.25) is 0 Å². The average Bonchev–Trinajstić information content (AvgIpc) is 2.88. The lowest BCUT2D eigenvalue weighted by Crippen LogP contribution is -2.33. The van der Waals surface area contributed by atoms with Crippen molar-refractivity contribution in [1.29, 1.82) is 0 Å². The Morgan fingerprint density at radius 2 is 1.96 bits per heavy atom. The lowest BCUT2D eigenvalue weighted by Gasteiger charge is -2.17. The van der Waals surface area contributed by atoms with E-state index in [2.05, 4.69) is 21.2 Å². The third-order valence-corrected chi connectivity index (χ3v) is 5.67. The predicted octanol–water partition coefficient (Wildman–Crippen LogP) is 4.73. The van der Waals surface area contributed by atoms with Gasteiger partial charge in [-0.3, -0.25) is 9.69 Å². The number of hydrogen-bond donors (Lipinski definition) is 1. The Kier molecular flexibility index (Phi) is 5.78. The van der Waals surface area contributed by atoms with E-state index >= 15 is 0 Å². The molecule has 4 nitrogen and oxygen atoms in total. The summed E-state index contributed by atoms with van der Waals surface area (Å²) in [5, 5.41) is 3.23. The minimum Gasteiger partial charge on any atom is -0.496 e. The van der Waals surface area contributed by atoms with Crippen LogP contribution < -0.4 is 10.1 Å². The standard InChI is InChI=1S/C18H15BrN2O2S2/c1-23-15-9-5-2-6-12(15)10-16-17(22)21(18(24)25-16)11-20-14-8-4-3-7-13(14)19/h2-10,20H,11H2,1H3. The Balaban J connectivity index is 1.76. The molecule has 1 aliphatic heterocycles. The molecule has 0 saturated carbocycles. The topological polar surface area (TPSA) is 41.6 Å². The van der Waals surface area contributed by atoms with Gasteiger partial charge in [-0.15, -0.1) is 0 Å². The molecule has 0 spiro atoms. The summed E-state index contributed by atoms with van der Waals surface area (Å²) in [6.07, 6.45) is 1.82. The van der Waals surface area contributed by atoms with Gasteiger partial charge in [0.05, 0.1) is 18.7 Å². The van der Waals surface area contributed by atoms with E-state index in [0.717, 1.165) is 21.5 Å². The molecule has 0 atom stereocenters. The zero-order chi connectivity index (χ0) is 17.8. The molecule has 0 bridgehead atoms. The number of thiocarbonyl (C=S) groups is 1. The first-order valence-electron chi connectivity index (χ1n) is 7.47. The number of carbonyl (C=O) groups excluding carboxylic acids is 1. The SMILES string of the molecule is COc1ccccc1C=C1SC(=S)N(CNc2ccccc2Br)C1=O. The van der Waals surface area contributed by atoms with Gasteiger partial charge in [0.1, 0.15) is 10.1 Å². The Labute approximate surface area is 164 Å². The van der Waals surface area contributed by atoms with E-state index in [-0.39, 0.29) is 5.91 Å². The lowest BCUT2D eigenvalue weighted by molar-refractivity contribution is -0.121. The summed E-state index contributed by atoms with van der Waals surface area (Å²) < 4.78 is 6.80. The number of anilines is 1. The summed E-state index contributed by atoms with van der Waals surface area (Å²) >= 11 is 10.1. The fourth-order valence-electron chi connectivity index (χ4n) is 2.33. The van der Waals surface area contributed by atoms with Crippen LogP contribution in [0.4, 0.5) is 5.69 Å². The molecule has 1 heterocycles. The number of benzene rings is 2. The van der Waals surface area contributed by atoms with E-state index < -0.39 is 0 Å². The highest BCUT2D eigenvalue weighted by Gasteiger charge is 2.32. The number of rotatable bonds is 5. The van der Waals surface area contributed by atoms with Crippen molar-refractivity contribution in [3.05, 3.63) is 63.5 Å². The highest BCUT2D eigenvalue weighted by atomic mass is 79.9. The summed E-state index contributed by atoms with van der Waals surface area (Å²) in [5.41, 5.74) is 1.76. The van der Waals surface area contributed by atoms with Crippen LogP contribution in [0, 0.1) is 0 Å². The molecule has 0 aliphatic carbocycles. The monoisotopic (exact) mass is 434 g/mol. The number of para-hydroxylation sites is 2. The second-order valence-corrected chi connectivity index (χ2v) is 7.70. The molecule has 0 aromatic heterocycles. The maximum Gasteiger partial charge on any atom is 0.267 e. The molecule has 1 amide bonds. The van der Waals surface area contributed by atoms with Crippen LogP contribution in [0.25, 0.3) is 6.08 Å². The molecule has 1 saturated heterocycles. The van der Waals surface area contributed by atoms with Crippen molar-refractivity contribution < 1.29 is 9.53 Å². The third kappa shape index (κ3) is 4.05. The first-order chi connectivity index (χ1) is 12.1. The van der Waals surface area contributed by atoms with Crippen LogP contribution in [0.3, 0.4) is 0 Å². The molecular formula is C18H15BrN2O2S2. The van der Waals surface area contributed by atoms with Gasteiger partial charge >= 0.3 is 0 Å². The zero-order valence-electron chi connectivity index (χ0n) is 13.4. The van der Waals surface area contributed by atoms with E-state index in [1.165, 1.54) is 11.8 Å². The van der Waals surface area contributed by atoms with Crippen LogP contribution in [0.1, 0.15) is 5.56 Å². The lowest BCUT2D eigenvalue weighted by atomic mass is 10.2. The van der Waals surface area contributed by atoms with E-state index in [9.17, 15) is 4.79 Å². The smallest absolute Gasteiger partial charge is 0.267 e. The van der Waals surface area contributed by atoms with E-state index in [0.29, 0.717) is 15.9 Å². The van der Waals surface area contributed by atoms with E-state index in [4.69, 9.17) is 17.0 Å². The van der Waals surface area contributed by atoms with Crippen molar-refractivity contribution in [3.8, 4) is 5.75 Å². The summed E-state index contributed by atoms with van der Waals surface area (Å²) in [4.78, 5) is 14.8. The number of hydrogen-bond acceptors (Lipinski definition) is 5. The third-order valence-electron chi connectivity index (χ3n) is 3.60. The Hall–Kier alpha value is -1.83. The number of halogens is 1. The molecule has 1 aliphatic rings. The second-order valence-electron chi connectivity index (χ2n) is 5.17. The van der Waals surface area contributed by atoms with Gasteiger partial charge in [-0.1, -0.05) is 54.3 Å². The molecule has 0 unspecified atom stereocenters. The fraction of sp³-hybridized carbons (Fsp3) is 0.111.